The van der Waals surface area contributed by atoms with Gasteiger partial charge in [-0.2, -0.15) is 0 Å². The molecular formula is C12H6F4O. The van der Waals surface area contributed by atoms with Crippen LogP contribution >= 0.6 is 0 Å². The zero-order valence-electron chi connectivity index (χ0n) is 8.35. The summed E-state index contributed by atoms with van der Waals surface area (Å²) in [5.41, 5.74) is -0.00324. The molecule has 0 spiro atoms. The van der Waals surface area contributed by atoms with Crippen molar-refractivity contribution in [3.8, 4) is 16.9 Å². The molecule has 5 heteroatoms. The number of phenols is 1. The number of phenolic OH excluding ortho intramolecular Hbond substituents is 1. The van der Waals surface area contributed by atoms with E-state index in [0.29, 0.717) is 0 Å². The van der Waals surface area contributed by atoms with E-state index in [0.717, 1.165) is 30.3 Å². The molecule has 0 aliphatic carbocycles. The molecule has 0 aromatic heterocycles. The highest BCUT2D eigenvalue weighted by Gasteiger charge is 2.12. The van der Waals surface area contributed by atoms with Crippen molar-refractivity contribution in [3.05, 3.63) is 53.6 Å². The Kier molecular flexibility index (Phi) is 2.75. The highest BCUT2D eigenvalue weighted by atomic mass is 19.2. The summed E-state index contributed by atoms with van der Waals surface area (Å²) in [6, 6.07) is 4.40. The maximum Gasteiger partial charge on any atom is 0.194 e. The molecule has 17 heavy (non-hydrogen) atoms. The van der Waals surface area contributed by atoms with Gasteiger partial charge in [0.1, 0.15) is 11.6 Å². The van der Waals surface area contributed by atoms with Gasteiger partial charge >= 0.3 is 0 Å². The zero-order chi connectivity index (χ0) is 12.6. The highest BCUT2D eigenvalue weighted by molar-refractivity contribution is 5.65. The van der Waals surface area contributed by atoms with Crippen molar-refractivity contribution in [3.63, 3.8) is 0 Å². The van der Waals surface area contributed by atoms with Crippen molar-refractivity contribution >= 4 is 0 Å². The van der Waals surface area contributed by atoms with Gasteiger partial charge in [0.25, 0.3) is 0 Å². The lowest BCUT2D eigenvalue weighted by molar-refractivity contribution is 0.447. The zero-order valence-corrected chi connectivity index (χ0v) is 8.35. The lowest BCUT2D eigenvalue weighted by Crippen LogP contribution is -1.92. The molecule has 0 amide bonds. The Balaban J connectivity index is 2.60. The Morgan fingerprint density at radius 3 is 1.76 bits per heavy atom. The molecule has 0 heterocycles. The number of hydrogen-bond donors (Lipinski definition) is 1. The first-order chi connectivity index (χ1) is 7.97. The predicted octanol–water partition coefficient (Wildman–Crippen LogP) is 3.62. The quantitative estimate of drug-likeness (QED) is 0.598. The SMILES string of the molecule is Oc1cc(F)cc(-c2cc(F)c(F)c(F)c2)c1. The topological polar surface area (TPSA) is 20.2 Å². The van der Waals surface area contributed by atoms with Crippen molar-refractivity contribution in [1.82, 2.24) is 0 Å². The fourth-order valence-corrected chi connectivity index (χ4v) is 1.46. The Morgan fingerprint density at radius 2 is 1.24 bits per heavy atom. The number of rotatable bonds is 1. The summed E-state index contributed by atoms with van der Waals surface area (Å²) in [7, 11) is 0. The van der Waals surface area contributed by atoms with E-state index in [1.165, 1.54) is 0 Å². The number of halogens is 4. The first-order valence-electron chi connectivity index (χ1n) is 4.62. The third-order valence-corrected chi connectivity index (χ3v) is 2.20. The fraction of sp³-hybridized carbons (Fsp3) is 0. The summed E-state index contributed by atoms with van der Waals surface area (Å²) in [6.07, 6.45) is 0. The van der Waals surface area contributed by atoms with Crippen LogP contribution in [0.25, 0.3) is 11.1 Å². The van der Waals surface area contributed by atoms with E-state index in [9.17, 15) is 17.6 Å². The fourth-order valence-electron chi connectivity index (χ4n) is 1.46. The molecule has 0 aliphatic rings. The van der Waals surface area contributed by atoms with Crippen molar-refractivity contribution in [2.45, 2.75) is 0 Å². The Morgan fingerprint density at radius 1 is 0.706 bits per heavy atom. The Bertz CT molecular complexity index is 537. The molecule has 1 nitrogen and oxygen atoms in total. The summed E-state index contributed by atoms with van der Waals surface area (Å²) in [5.74, 6) is -5.47. The molecule has 2 rings (SSSR count). The van der Waals surface area contributed by atoms with Gasteiger partial charge in [-0.15, -0.1) is 0 Å². The van der Waals surface area contributed by atoms with E-state index in [-0.39, 0.29) is 16.9 Å². The summed E-state index contributed by atoms with van der Waals surface area (Å²) >= 11 is 0. The van der Waals surface area contributed by atoms with E-state index in [4.69, 9.17) is 5.11 Å². The van der Waals surface area contributed by atoms with Crippen LogP contribution in [-0.2, 0) is 0 Å². The molecular weight excluding hydrogens is 236 g/mol. The van der Waals surface area contributed by atoms with Crippen LogP contribution in [0.3, 0.4) is 0 Å². The van der Waals surface area contributed by atoms with Crippen LogP contribution in [0.2, 0.25) is 0 Å². The van der Waals surface area contributed by atoms with E-state index < -0.39 is 23.3 Å². The summed E-state index contributed by atoms with van der Waals surface area (Å²) in [4.78, 5) is 0. The molecule has 2 aromatic carbocycles. The molecule has 0 fully saturated rings. The average Bonchev–Trinajstić information content (AvgIpc) is 2.23. The molecule has 0 radical (unpaired) electrons. The molecule has 0 saturated carbocycles. The van der Waals surface area contributed by atoms with Crippen molar-refractivity contribution in [2.75, 3.05) is 0 Å². The van der Waals surface area contributed by atoms with Gasteiger partial charge in [0.2, 0.25) is 0 Å². The normalized spacial score (nSPS) is 10.6. The molecule has 0 unspecified atom stereocenters. The van der Waals surface area contributed by atoms with Gasteiger partial charge in [-0.3, -0.25) is 0 Å². The van der Waals surface area contributed by atoms with Gasteiger partial charge in [0, 0.05) is 6.07 Å². The Labute approximate surface area is 93.9 Å². The second kappa shape index (κ2) is 4.08. The standard InChI is InChI=1S/C12H6F4O/c13-8-1-6(2-9(17)5-8)7-3-10(14)12(16)11(15)4-7/h1-5,17H. The lowest BCUT2D eigenvalue weighted by atomic mass is 10.0. The molecule has 0 bridgehead atoms. The minimum atomic E-state index is -1.59. The second-order valence-electron chi connectivity index (χ2n) is 3.45. The first-order valence-corrected chi connectivity index (χ1v) is 4.62. The summed E-state index contributed by atoms with van der Waals surface area (Å²) < 4.78 is 51.6. The van der Waals surface area contributed by atoms with Crippen molar-refractivity contribution in [2.24, 2.45) is 0 Å². The van der Waals surface area contributed by atoms with E-state index in [1.807, 2.05) is 0 Å². The van der Waals surface area contributed by atoms with E-state index >= 15 is 0 Å². The number of hydrogen-bond acceptors (Lipinski definition) is 1. The maximum absolute atomic E-state index is 13.0. The van der Waals surface area contributed by atoms with Gasteiger partial charge in [-0.25, -0.2) is 17.6 Å². The predicted molar refractivity (Wildman–Crippen MR) is 53.4 cm³/mol. The smallest absolute Gasteiger partial charge is 0.194 e. The van der Waals surface area contributed by atoms with Gasteiger partial charge in [0.15, 0.2) is 17.5 Å². The number of benzene rings is 2. The minimum Gasteiger partial charge on any atom is -0.508 e. The second-order valence-corrected chi connectivity index (χ2v) is 3.45. The largest absolute Gasteiger partial charge is 0.508 e. The number of aromatic hydroxyl groups is 1. The van der Waals surface area contributed by atoms with Crippen LogP contribution < -0.4 is 0 Å². The minimum absolute atomic E-state index is 0.0558. The van der Waals surface area contributed by atoms with Gasteiger partial charge < -0.3 is 5.11 Å². The van der Waals surface area contributed by atoms with Crippen LogP contribution in [0.15, 0.2) is 30.3 Å². The lowest BCUT2D eigenvalue weighted by Gasteiger charge is -2.04. The third-order valence-electron chi connectivity index (χ3n) is 2.20. The van der Waals surface area contributed by atoms with Crippen LogP contribution in [0.5, 0.6) is 5.75 Å². The third kappa shape index (κ3) is 2.22. The Hall–Kier alpha value is -2.04. The molecule has 1 N–H and O–H groups in total. The molecule has 88 valence electrons. The maximum atomic E-state index is 13.0. The van der Waals surface area contributed by atoms with Crippen LogP contribution in [0, 0.1) is 23.3 Å². The summed E-state index contributed by atoms with van der Waals surface area (Å²) in [6.45, 7) is 0. The van der Waals surface area contributed by atoms with E-state index in [1.54, 1.807) is 0 Å². The molecule has 0 saturated heterocycles. The van der Waals surface area contributed by atoms with Crippen molar-refractivity contribution < 1.29 is 22.7 Å². The van der Waals surface area contributed by atoms with Crippen LogP contribution in [-0.4, -0.2) is 5.11 Å². The first kappa shape index (κ1) is 11.4. The molecule has 0 atom stereocenters. The van der Waals surface area contributed by atoms with Crippen molar-refractivity contribution in [1.29, 1.82) is 0 Å². The van der Waals surface area contributed by atoms with Gasteiger partial charge in [0.05, 0.1) is 0 Å². The monoisotopic (exact) mass is 242 g/mol. The van der Waals surface area contributed by atoms with E-state index in [2.05, 4.69) is 0 Å². The molecule has 0 aliphatic heterocycles. The summed E-state index contributed by atoms with van der Waals surface area (Å²) in [5, 5.41) is 9.15. The van der Waals surface area contributed by atoms with Gasteiger partial charge in [-0.1, -0.05) is 0 Å². The van der Waals surface area contributed by atoms with Crippen LogP contribution in [0.1, 0.15) is 0 Å². The highest BCUT2D eigenvalue weighted by Crippen LogP contribution is 2.27. The van der Waals surface area contributed by atoms with Gasteiger partial charge in [-0.05, 0) is 35.4 Å². The van der Waals surface area contributed by atoms with Crippen LogP contribution in [0.4, 0.5) is 17.6 Å². The average molecular weight is 242 g/mol. The molecule has 2 aromatic rings.